The van der Waals surface area contributed by atoms with Crippen LogP contribution in [0.25, 0.3) is 0 Å². The van der Waals surface area contributed by atoms with Crippen molar-refractivity contribution in [2.24, 2.45) is 0 Å². The highest BCUT2D eigenvalue weighted by Crippen LogP contribution is 2.27. The Morgan fingerprint density at radius 1 is 1.06 bits per heavy atom. The minimum Gasteiger partial charge on any atom is -0.512 e. The number of aryl methyl sites for hydroxylation is 1. The van der Waals surface area contributed by atoms with Gasteiger partial charge in [-0.1, -0.05) is 17.7 Å². The predicted octanol–water partition coefficient (Wildman–Crippen LogP) is 2.89. The van der Waals surface area contributed by atoms with Gasteiger partial charge < -0.3 is 5.11 Å². The average Bonchev–Trinajstić information content (AvgIpc) is 2.30. The Labute approximate surface area is 101 Å². The van der Waals surface area contributed by atoms with Gasteiger partial charge in [0.15, 0.2) is 0 Å². The van der Waals surface area contributed by atoms with Crippen LogP contribution in [-0.4, -0.2) is 13.5 Å². The molecule has 0 aliphatic heterocycles. The van der Waals surface area contributed by atoms with Crippen LogP contribution in [0.5, 0.6) is 0 Å². The van der Waals surface area contributed by atoms with Gasteiger partial charge in [-0.3, -0.25) is 0 Å². The van der Waals surface area contributed by atoms with Crippen LogP contribution in [0.4, 0.5) is 0 Å². The lowest BCUT2D eigenvalue weighted by Gasteiger charge is -2.12. The molecule has 17 heavy (non-hydrogen) atoms. The molecule has 0 saturated carbocycles. The third-order valence-corrected chi connectivity index (χ3v) is 4.69. The summed E-state index contributed by atoms with van der Waals surface area (Å²) >= 11 is 0. The first kappa shape index (κ1) is 11.9. The van der Waals surface area contributed by atoms with Gasteiger partial charge in [0, 0.05) is 11.3 Å². The number of rotatable bonds is 2. The third kappa shape index (κ3) is 2.42. The Balaban J connectivity index is 2.41. The molecule has 0 radical (unpaired) electrons. The Hall–Kier alpha value is -1.55. The molecule has 0 saturated heterocycles. The van der Waals surface area contributed by atoms with Gasteiger partial charge in [-0.05, 0) is 37.6 Å². The number of hydrogen-bond donors (Lipinski definition) is 1. The van der Waals surface area contributed by atoms with Gasteiger partial charge in [-0.2, -0.15) is 0 Å². The van der Waals surface area contributed by atoms with Crippen LogP contribution >= 0.6 is 0 Å². The molecule has 1 aliphatic rings. The van der Waals surface area contributed by atoms with E-state index in [4.69, 9.17) is 0 Å². The maximum atomic E-state index is 12.2. The molecular formula is C13H14O3S. The molecule has 0 heterocycles. The quantitative estimate of drug-likeness (QED) is 0.878. The Bertz CT molecular complexity index is 578. The molecule has 1 aliphatic carbocycles. The molecule has 3 nitrogen and oxygen atoms in total. The average molecular weight is 250 g/mol. The van der Waals surface area contributed by atoms with Crippen molar-refractivity contribution in [1.82, 2.24) is 0 Å². The molecule has 0 atom stereocenters. The molecule has 1 aromatic carbocycles. The first-order valence-electron chi connectivity index (χ1n) is 5.40. The number of benzene rings is 1. The summed E-state index contributed by atoms with van der Waals surface area (Å²) in [5.41, 5.74) is 1.03. The molecule has 2 rings (SSSR count). The highest BCUT2D eigenvalue weighted by atomic mass is 32.2. The van der Waals surface area contributed by atoms with Crippen molar-refractivity contribution in [2.45, 2.75) is 24.7 Å². The number of hydrogen-bond acceptors (Lipinski definition) is 3. The van der Waals surface area contributed by atoms with Crippen LogP contribution in [0.15, 0.2) is 52.0 Å². The van der Waals surface area contributed by atoms with E-state index in [-0.39, 0.29) is 5.76 Å². The van der Waals surface area contributed by atoms with Gasteiger partial charge in [0.25, 0.3) is 0 Å². The molecule has 0 amide bonds. The number of aliphatic hydroxyl groups excluding tert-OH is 1. The van der Waals surface area contributed by atoms with E-state index in [0.29, 0.717) is 22.6 Å². The number of sulfone groups is 1. The fourth-order valence-corrected chi connectivity index (χ4v) is 3.11. The summed E-state index contributed by atoms with van der Waals surface area (Å²) < 4.78 is 24.5. The lowest BCUT2D eigenvalue weighted by molar-refractivity contribution is 0.387. The topological polar surface area (TPSA) is 54.4 Å². The van der Waals surface area contributed by atoms with Crippen molar-refractivity contribution < 1.29 is 13.5 Å². The monoisotopic (exact) mass is 250 g/mol. The molecule has 0 fully saturated rings. The Morgan fingerprint density at radius 3 is 2.24 bits per heavy atom. The number of aliphatic hydroxyl groups is 1. The van der Waals surface area contributed by atoms with Crippen molar-refractivity contribution in [3.05, 3.63) is 52.6 Å². The summed E-state index contributed by atoms with van der Waals surface area (Å²) in [5.74, 6) is 0.229. The van der Waals surface area contributed by atoms with E-state index in [0.717, 1.165) is 5.56 Å². The van der Waals surface area contributed by atoms with Gasteiger partial charge in [-0.15, -0.1) is 0 Å². The van der Waals surface area contributed by atoms with Gasteiger partial charge in [0.2, 0.25) is 9.84 Å². The van der Waals surface area contributed by atoms with Gasteiger partial charge in [-0.25, -0.2) is 8.42 Å². The lowest BCUT2D eigenvalue weighted by atomic mass is 10.2. The Kier molecular flexibility index (Phi) is 3.07. The summed E-state index contributed by atoms with van der Waals surface area (Å²) in [5, 5.41) is 9.22. The molecular weight excluding hydrogens is 236 g/mol. The van der Waals surface area contributed by atoms with Crippen molar-refractivity contribution in [3.63, 3.8) is 0 Å². The van der Waals surface area contributed by atoms with Crippen LogP contribution in [0, 0.1) is 6.92 Å². The summed E-state index contributed by atoms with van der Waals surface area (Å²) in [4.78, 5) is 0.670. The second kappa shape index (κ2) is 4.37. The summed E-state index contributed by atoms with van der Waals surface area (Å²) in [6.45, 7) is 1.91. The third-order valence-electron chi connectivity index (χ3n) is 2.77. The largest absolute Gasteiger partial charge is 0.512 e. The number of allylic oxidation sites excluding steroid dienone is 4. The molecule has 1 N–H and O–H groups in total. The highest BCUT2D eigenvalue weighted by molar-refractivity contribution is 7.95. The van der Waals surface area contributed by atoms with E-state index in [1.165, 1.54) is 12.2 Å². The van der Waals surface area contributed by atoms with E-state index >= 15 is 0 Å². The molecule has 4 heteroatoms. The van der Waals surface area contributed by atoms with Crippen LogP contribution in [0.2, 0.25) is 0 Å². The van der Waals surface area contributed by atoms with Gasteiger partial charge >= 0.3 is 0 Å². The molecule has 1 aromatic rings. The predicted molar refractivity (Wildman–Crippen MR) is 66.4 cm³/mol. The van der Waals surface area contributed by atoms with Crippen LogP contribution < -0.4 is 0 Å². The van der Waals surface area contributed by atoms with Gasteiger partial charge in [0.1, 0.15) is 0 Å². The minimum atomic E-state index is -3.40. The Morgan fingerprint density at radius 2 is 1.71 bits per heavy atom. The normalized spacial score (nSPS) is 16.3. The maximum absolute atomic E-state index is 12.2. The zero-order valence-corrected chi connectivity index (χ0v) is 10.4. The van der Waals surface area contributed by atoms with Crippen LogP contribution in [0.3, 0.4) is 0 Å². The first-order chi connectivity index (χ1) is 8.00. The summed E-state index contributed by atoms with van der Waals surface area (Å²) in [6.07, 6.45) is 3.67. The van der Waals surface area contributed by atoms with E-state index in [1.54, 1.807) is 24.3 Å². The van der Waals surface area contributed by atoms with Crippen molar-refractivity contribution >= 4 is 9.84 Å². The fraction of sp³-hybridized carbons (Fsp3) is 0.231. The summed E-state index contributed by atoms with van der Waals surface area (Å²) in [6, 6.07) is 6.79. The molecule has 90 valence electrons. The SMILES string of the molecule is Cc1ccc(S(=O)(=O)C2=CC=C(O)CC2)cc1. The highest BCUT2D eigenvalue weighted by Gasteiger charge is 2.21. The molecule has 0 spiro atoms. The van der Waals surface area contributed by atoms with Crippen molar-refractivity contribution in [1.29, 1.82) is 0 Å². The molecule has 0 unspecified atom stereocenters. The smallest absolute Gasteiger partial charge is 0.202 e. The van der Waals surface area contributed by atoms with E-state index < -0.39 is 9.84 Å². The van der Waals surface area contributed by atoms with Crippen molar-refractivity contribution in [3.8, 4) is 0 Å². The standard InChI is InChI=1S/C13H14O3S/c1-10-2-6-12(7-3-10)17(15,16)13-8-4-11(14)5-9-13/h2-4,6-8,14H,5,9H2,1H3. The van der Waals surface area contributed by atoms with E-state index in [1.807, 2.05) is 6.92 Å². The van der Waals surface area contributed by atoms with Crippen molar-refractivity contribution in [2.75, 3.05) is 0 Å². The second-order valence-electron chi connectivity index (χ2n) is 4.11. The molecule has 0 aromatic heterocycles. The zero-order valence-electron chi connectivity index (χ0n) is 9.55. The summed E-state index contributed by atoms with van der Waals surface area (Å²) in [7, 11) is -3.40. The van der Waals surface area contributed by atoms with Crippen LogP contribution in [-0.2, 0) is 9.84 Å². The zero-order chi connectivity index (χ0) is 12.5. The van der Waals surface area contributed by atoms with Gasteiger partial charge in [0.05, 0.1) is 10.7 Å². The molecule has 0 bridgehead atoms. The van der Waals surface area contributed by atoms with E-state index in [9.17, 15) is 13.5 Å². The van der Waals surface area contributed by atoms with E-state index in [2.05, 4.69) is 0 Å². The fourth-order valence-electron chi connectivity index (χ4n) is 1.70. The maximum Gasteiger partial charge on any atom is 0.202 e. The lowest BCUT2D eigenvalue weighted by Crippen LogP contribution is -2.07. The second-order valence-corrected chi connectivity index (χ2v) is 6.11. The first-order valence-corrected chi connectivity index (χ1v) is 6.89. The van der Waals surface area contributed by atoms with Crippen LogP contribution in [0.1, 0.15) is 18.4 Å². The minimum absolute atomic E-state index is 0.229.